The number of benzene rings is 1. The highest BCUT2D eigenvalue weighted by Crippen LogP contribution is 2.50. The van der Waals surface area contributed by atoms with Crippen molar-refractivity contribution in [1.29, 1.82) is 0 Å². The van der Waals surface area contributed by atoms with E-state index in [4.69, 9.17) is 10.5 Å². The summed E-state index contributed by atoms with van der Waals surface area (Å²) in [5, 5.41) is 0. The van der Waals surface area contributed by atoms with Gasteiger partial charge in [0.05, 0.1) is 5.41 Å². The van der Waals surface area contributed by atoms with E-state index in [0.29, 0.717) is 0 Å². The largest absolute Gasteiger partial charge is 0.449 e. The molecular formula is C15H20INO2. The molecule has 3 nitrogen and oxygen atoms in total. The molecule has 0 amide bonds. The third-order valence-corrected chi connectivity index (χ3v) is 3.73. The van der Waals surface area contributed by atoms with E-state index in [1.54, 1.807) is 0 Å². The fraction of sp³-hybridized carbons (Fsp3) is 0.533. The summed E-state index contributed by atoms with van der Waals surface area (Å²) in [7, 11) is 0. The summed E-state index contributed by atoms with van der Waals surface area (Å²) in [6.45, 7) is 5.77. The van der Waals surface area contributed by atoms with Gasteiger partial charge in [-0.15, -0.1) is 0 Å². The number of rotatable bonds is 4. The molecule has 0 atom stereocenters. The van der Waals surface area contributed by atoms with E-state index in [9.17, 15) is 4.79 Å². The molecule has 1 aliphatic rings. The van der Waals surface area contributed by atoms with E-state index >= 15 is 0 Å². The predicted octanol–water partition coefficient (Wildman–Crippen LogP) is 3.61. The number of anilines is 1. The van der Waals surface area contributed by atoms with Gasteiger partial charge in [0.2, 0.25) is 0 Å². The molecule has 1 fully saturated rings. The molecule has 0 unspecified atom stereocenters. The lowest BCUT2D eigenvalue weighted by atomic mass is 9.95. The van der Waals surface area contributed by atoms with Crippen molar-refractivity contribution in [1.82, 2.24) is 0 Å². The van der Waals surface area contributed by atoms with Gasteiger partial charge in [-0.1, -0.05) is 12.1 Å². The second-order valence-electron chi connectivity index (χ2n) is 5.90. The van der Waals surface area contributed by atoms with Crippen LogP contribution in [0, 0.1) is 12.3 Å². The van der Waals surface area contributed by atoms with Crippen LogP contribution in [-0.4, -0.2) is 9.58 Å². The second-order valence-corrected chi connectivity index (χ2v) is 8.50. The van der Waals surface area contributed by atoms with E-state index < -0.39 is 3.61 Å². The first-order valence-corrected chi connectivity index (χ1v) is 7.57. The molecule has 4 heteroatoms. The van der Waals surface area contributed by atoms with Crippen molar-refractivity contribution in [3.63, 3.8) is 0 Å². The number of halogens is 1. The van der Waals surface area contributed by atoms with Crippen molar-refractivity contribution in [2.75, 3.05) is 5.73 Å². The normalized spacial score (nSPS) is 17.1. The van der Waals surface area contributed by atoms with Crippen LogP contribution in [-0.2, 0) is 16.0 Å². The van der Waals surface area contributed by atoms with Crippen LogP contribution in [0.5, 0.6) is 0 Å². The fourth-order valence-electron chi connectivity index (χ4n) is 2.12. The van der Waals surface area contributed by atoms with Gasteiger partial charge in [-0.3, -0.25) is 4.79 Å². The molecule has 1 saturated carbocycles. The zero-order chi connectivity index (χ0) is 14.3. The summed E-state index contributed by atoms with van der Waals surface area (Å²) in [4.78, 5) is 12.2. The lowest BCUT2D eigenvalue weighted by molar-refractivity contribution is -0.155. The first-order valence-electron chi connectivity index (χ1n) is 6.49. The van der Waals surface area contributed by atoms with E-state index in [2.05, 4.69) is 22.6 Å². The number of nitrogens with two attached hydrogens (primary N) is 1. The zero-order valence-electron chi connectivity index (χ0n) is 11.6. The van der Waals surface area contributed by atoms with Gasteiger partial charge in [0, 0.05) is 5.69 Å². The Morgan fingerprint density at radius 2 is 2.11 bits per heavy atom. The highest BCUT2D eigenvalue weighted by Gasteiger charge is 2.52. The Morgan fingerprint density at radius 1 is 1.47 bits per heavy atom. The Hall–Kier alpha value is -0.780. The van der Waals surface area contributed by atoms with Crippen molar-refractivity contribution >= 4 is 34.2 Å². The van der Waals surface area contributed by atoms with Gasteiger partial charge < -0.3 is 10.5 Å². The molecular weight excluding hydrogens is 353 g/mol. The summed E-state index contributed by atoms with van der Waals surface area (Å²) < 4.78 is 5.06. The molecule has 19 heavy (non-hydrogen) atoms. The number of ether oxygens (including phenoxy) is 1. The van der Waals surface area contributed by atoms with Crippen molar-refractivity contribution in [3.05, 3.63) is 29.3 Å². The van der Waals surface area contributed by atoms with Gasteiger partial charge in [-0.2, -0.15) is 0 Å². The van der Waals surface area contributed by atoms with Crippen molar-refractivity contribution < 1.29 is 9.53 Å². The Bertz CT molecular complexity index is 501. The van der Waals surface area contributed by atoms with Gasteiger partial charge in [0.25, 0.3) is 0 Å². The molecule has 0 aromatic heterocycles. The van der Waals surface area contributed by atoms with Gasteiger partial charge in [-0.25, -0.2) is 0 Å². The summed E-state index contributed by atoms with van der Waals surface area (Å²) in [6.07, 6.45) is 2.54. The van der Waals surface area contributed by atoms with Gasteiger partial charge in [0.1, 0.15) is 0 Å². The maximum Gasteiger partial charge on any atom is 0.313 e. The molecule has 2 rings (SSSR count). The average Bonchev–Trinajstić information content (AvgIpc) is 3.02. The van der Waals surface area contributed by atoms with E-state index in [0.717, 1.165) is 36.1 Å². The summed E-state index contributed by atoms with van der Waals surface area (Å²) in [6, 6.07) is 6.03. The minimum atomic E-state index is -0.448. The topological polar surface area (TPSA) is 52.3 Å². The van der Waals surface area contributed by atoms with Gasteiger partial charge in [0.15, 0.2) is 3.61 Å². The Morgan fingerprint density at radius 3 is 2.58 bits per heavy atom. The number of carbonyl (C=O) groups excluding carboxylic acids is 1. The molecule has 1 aromatic carbocycles. The van der Waals surface area contributed by atoms with Crippen LogP contribution in [0.4, 0.5) is 5.69 Å². The van der Waals surface area contributed by atoms with E-state index in [-0.39, 0.29) is 11.4 Å². The van der Waals surface area contributed by atoms with Crippen LogP contribution < -0.4 is 5.73 Å². The average molecular weight is 373 g/mol. The number of alkyl halides is 1. The monoisotopic (exact) mass is 373 g/mol. The van der Waals surface area contributed by atoms with Crippen molar-refractivity contribution in [2.45, 2.75) is 43.6 Å². The molecule has 0 bridgehead atoms. The lowest BCUT2D eigenvalue weighted by Crippen LogP contribution is -2.28. The number of esters is 1. The molecule has 1 aliphatic carbocycles. The Balaban J connectivity index is 2.09. The third kappa shape index (κ3) is 3.61. The summed E-state index contributed by atoms with van der Waals surface area (Å²) in [5.41, 5.74) is 8.58. The van der Waals surface area contributed by atoms with E-state index in [1.165, 1.54) is 0 Å². The highest BCUT2D eigenvalue weighted by molar-refractivity contribution is 14.1. The van der Waals surface area contributed by atoms with Gasteiger partial charge >= 0.3 is 5.97 Å². The SMILES string of the molecule is Cc1ccc(CC2(C(=O)OC(C)(C)I)CC2)cc1N. The Kier molecular flexibility index (Phi) is 3.82. The zero-order valence-corrected chi connectivity index (χ0v) is 13.8. The molecule has 2 N–H and O–H groups in total. The maximum absolute atomic E-state index is 12.2. The van der Waals surface area contributed by atoms with Crippen molar-refractivity contribution in [3.8, 4) is 0 Å². The standard InChI is InChI=1S/C15H20INO2/c1-10-4-5-11(8-12(10)17)9-15(6-7-15)13(18)19-14(2,3)16/h4-5,8H,6-7,9,17H2,1-3H3. The van der Waals surface area contributed by atoms with Crippen LogP contribution in [0.3, 0.4) is 0 Å². The number of nitrogen functional groups attached to an aromatic ring is 1. The fourth-order valence-corrected chi connectivity index (χ4v) is 2.32. The van der Waals surface area contributed by atoms with E-state index in [1.807, 2.05) is 39.0 Å². The second kappa shape index (κ2) is 4.96. The molecule has 0 saturated heterocycles. The van der Waals surface area contributed by atoms with Crippen LogP contribution in [0.2, 0.25) is 0 Å². The molecule has 1 aromatic rings. The Labute approximate surface area is 128 Å². The molecule has 0 heterocycles. The van der Waals surface area contributed by atoms with Crippen LogP contribution in [0.15, 0.2) is 18.2 Å². The van der Waals surface area contributed by atoms with Gasteiger partial charge in [-0.05, 0) is 79.8 Å². The maximum atomic E-state index is 12.2. The first kappa shape index (κ1) is 14.6. The smallest absolute Gasteiger partial charge is 0.313 e. The predicted molar refractivity (Wildman–Crippen MR) is 85.2 cm³/mol. The number of hydrogen-bond acceptors (Lipinski definition) is 3. The quantitative estimate of drug-likeness (QED) is 0.380. The van der Waals surface area contributed by atoms with Crippen LogP contribution >= 0.6 is 22.6 Å². The number of aryl methyl sites for hydroxylation is 1. The highest BCUT2D eigenvalue weighted by atomic mass is 127. The molecule has 0 aliphatic heterocycles. The minimum absolute atomic E-state index is 0.0777. The number of hydrogen-bond donors (Lipinski definition) is 1. The summed E-state index contributed by atoms with van der Waals surface area (Å²) in [5.74, 6) is -0.0777. The lowest BCUT2D eigenvalue weighted by Gasteiger charge is -2.22. The third-order valence-electron chi connectivity index (χ3n) is 3.51. The first-order chi connectivity index (χ1) is 8.72. The van der Waals surface area contributed by atoms with Crippen LogP contribution in [0.25, 0.3) is 0 Å². The molecule has 104 valence electrons. The minimum Gasteiger partial charge on any atom is -0.449 e. The van der Waals surface area contributed by atoms with Crippen molar-refractivity contribution in [2.24, 2.45) is 5.41 Å². The summed E-state index contributed by atoms with van der Waals surface area (Å²) >= 11 is 2.14. The molecule has 0 radical (unpaired) electrons. The van der Waals surface area contributed by atoms with Crippen LogP contribution in [0.1, 0.15) is 37.8 Å². The number of carbonyl (C=O) groups is 1. The molecule has 0 spiro atoms.